The first kappa shape index (κ1) is 11.9. The summed E-state index contributed by atoms with van der Waals surface area (Å²) in [6, 6.07) is 0. The van der Waals surface area contributed by atoms with Crippen LogP contribution in [-0.2, 0) is 4.74 Å². The Hall–Kier alpha value is -0.120. The molecule has 3 heteroatoms. The van der Waals surface area contributed by atoms with Crippen LogP contribution < -0.4 is 5.32 Å². The number of nitrogens with one attached hydrogen (secondary N) is 1. The Morgan fingerprint density at radius 1 is 1.33 bits per heavy atom. The maximum absolute atomic E-state index is 5.27. The minimum Gasteiger partial charge on any atom is -0.377 e. The minimum absolute atomic E-state index is 0.0493. The van der Waals surface area contributed by atoms with E-state index in [2.05, 4.69) is 38.2 Å². The molecule has 0 aliphatic carbocycles. The van der Waals surface area contributed by atoms with E-state index >= 15 is 0 Å². The molecule has 0 saturated carbocycles. The Bertz CT molecular complexity index is 113. The summed E-state index contributed by atoms with van der Waals surface area (Å²) >= 11 is 0. The van der Waals surface area contributed by atoms with E-state index in [0.717, 1.165) is 19.6 Å². The van der Waals surface area contributed by atoms with Gasteiger partial charge in [0.1, 0.15) is 0 Å². The average molecular weight is 174 g/mol. The molecule has 0 unspecified atom stereocenters. The van der Waals surface area contributed by atoms with Gasteiger partial charge in [-0.2, -0.15) is 0 Å². The van der Waals surface area contributed by atoms with Gasteiger partial charge in [0.25, 0.3) is 0 Å². The van der Waals surface area contributed by atoms with Crippen LogP contribution >= 0.6 is 0 Å². The highest BCUT2D eigenvalue weighted by Crippen LogP contribution is 2.03. The molecule has 0 radical (unpaired) electrons. The lowest BCUT2D eigenvalue weighted by Gasteiger charge is -2.23. The van der Waals surface area contributed by atoms with Gasteiger partial charge < -0.3 is 15.0 Å². The second-order valence-corrected chi connectivity index (χ2v) is 3.94. The maximum Gasteiger partial charge on any atom is 0.0746 e. The number of likely N-dealkylation sites (N-methyl/N-ethyl adjacent to an activating group) is 1. The predicted molar refractivity (Wildman–Crippen MR) is 52.5 cm³/mol. The molecule has 0 aromatic carbocycles. The second-order valence-electron chi connectivity index (χ2n) is 3.94. The number of hydrogen-bond acceptors (Lipinski definition) is 3. The van der Waals surface area contributed by atoms with E-state index in [0.29, 0.717) is 0 Å². The van der Waals surface area contributed by atoms with E-state index in [-0.39, 0.29) is 5.60 Å². The fourth-order valence-corrected chi connectivity index (χ4v) is 0.764. The van der Waals surface area contributed by atoms with E-state index in [9.17, 15) is 0 Å². The van der Waals surface area contributed by atoms with Crippen LogP contribution in [0.4, 0.5) is 0 Å². The van der Waals surface area contributed by atoms with Crippen molar-refractivity contribution < 1.29 is 4.74 Å². The predicted octanol–water partition coefficient (Wildman–Crippen LogP) is 0.563. The molecule has 0 bridgehead atoms. The summed E-state index contributed by atoms with van der Waals surface area (Å²) in [5.41, 5.74) is -0.0493. The standard InChI is InChI=1S/C9H22N2O/c1-9(2,12-5)8-10-6-7-11(3)4/h10H,6-8H2,1-5H3. The summed E-state index contributed by atoms with van der Waals surface area (Å²) in [5.74, 6) is 0. The number of hydrogen-bond donors (Lipinski definition) is 1. The van der Waals surface area contributed by atoms with Crippen molar-refractivity contribution in [2.45, 2.75) is 19.4 Å². The van der Waals surface area contributed by atoms with Gasteiger partial charge in [0.2, 0.25) is 0 Å². The maximum atomic E-state index is 5.27. The Labute approximate surface area is 76.1 Å². The monoisotopic (exact) mass is 174 g/mol. The molecule has 0 atom stereocenters. The van der Waals surface area contributed by atoms with Crippen molar-refractivity contribution in [2.75, 3.05) is 40.8 Å². The molecular formula is C9H22N2O. The molecule has 0 saturated heterocycles. The van der Waals surface area contributed by atoms with Crippen molar-refractivity contribution in [3.8, 4) is 0 Å². The molecule has 0 aliphatic heterocycles. The zero-order chi connectivity index (χ0) is 9.61. The van der Waals surface area contributed by atoms with Gasteiger partial charge in [0, 0.05) is 26.7 Å². The van der Waals surface area contributed by atoms with Gasteiger partial charge in [0.05, 0.1) is 5.60 Å². The van der Waals surface area contributed by atoms with Crippen LogP contribution in [-0.4, -0.2) is 51.3 Å². The normalized spacial score (nSPS) is 12.5. The lowest BCUT2D eigenvalue weighted by atomic mass is 10.1. The van der Waals surface area contributed by atoms with Crippen LogP contribution in [0.15, 0.2) is 0 Å². The number of methoxy groups -OCH3 is 1. The lowest BCUT2D eigenvalue weighted by molar-refractivity contribution is 0.0232. The Morgan fingerprint density at radius 2 is 1.92 bits per heavy atom. The largest absolute Gasteiger partial charge is 0.377 e. The van der Waals surface area contributed by atoms with Crippen LogP contribution in [0.2, 0.25) is 0 Å². The summed E-state index contributed by atoms with van der Waals surface area (Å²) in [6.07, 6.45) is 0. The fourth-order valence-electron chi connectivity index (χ4n) is 0.764. The van der Waals surface area contributed by atoms with Gasteiger partial charge in [0.15, 0.2) is 0 Å². The Balaban J connectivity index is 3.31. The molecule has 0 aliphatic rings. The van der Waals surface area contributed by atoms with Crippen LogP contribution in [0, 0.1) is 0 Å². The first-order valence-corrected chi connectivity index (χ1v) is 4.38. The lowest BCUT2D eigenvalue weighted by Crippen LogP contribution is -2.39. The zero-order valence-corrected chi connectivity index (χ0v) is 8.98. The Kier molecular flexibility index (Phi) is 5.46. The van der Waals surface area contributed by atoms with Crippen LogP contribution in [0.5, 0.6) is 0 Å². The number of nitrogens with zero attached hydrogens (tertiary/aromatic N) is 1. The average Bonchev–Trinajstić information content (AvgIpc) is 1.98. The molecule has 0 heterocycles. The van der Waals surface area contributed by atoms with Crippen LogP contribution in [0.25, 0.3) is 0 Å². The molecular weight excluding hydrogens is 152 g/mol. The van der Waals surface area contributed by atoms with Crippen molar-refractivity contribution >= 4 is 0 Å². The van der Waals surface area contributed by atoms with Crippen molar-refractivity contribution in [2.24, 2.45) is 0 Å². The smallest absolute Gasteiger partial charge is 0.0746 e. The number of rotatable bonds is 6. The fraction of sp³-hybridized carbons (Fsp3) is 1.00. The summed E-state index contributed by atoms with van der Waals surface area (Å²) < 4.78 is 5.27. The molecule has 0 aromatic rings. The topological polar surface area (TPSA) is 24.5 Å². The molecule has 0 spiro atoms. The molecule has 3 nitrogen and oxygen atoms in total. The van der Waals surface area contributed by atoms with Crippen molar-refractivity contribution in [1.29, 1.82) is 0 Å². The summed E-state index contributed by atoms with van der Waals surface area (Å²) in [4.78, 5) is 2.16. The van der Waals surface area contributed by atoms with Gasteiger partial charge in [-0.3, -0.25) is 0 Å². The molecule has 12 heavy (non-hydrogen) atoms. The minimum atomic E-state index is -0.0493. The highest BCUT2D eigenvalue weighted by atomic mass is 16.5. The molecule has 1 N–H and O–H groups in total. The molecule has 0 aromatic heterocycles. The van der Waals surface area contributed by atoms with Gasteiger partial charge in [-0.15, -0.1) is 0 Å². The quantitative estimate of drug-likeness (QED) is 0.596. The van der Waals surface area contributed by atoms with Crippen molar-refractivity contribution in [1.82, 2.24) is 10.2 Å². The number of ether oxygens (including phenoxy) is 1. The summed E-state index contributed by atoms with van der Waals surface area (Å²) in [6.45, 7) is 7.14. The SMILES string of the molecule is COC(C)(C)CNCCN(C)C. The molecule has 0 amide bonds. The molecule has 0 fully saturated rings. The van der Waals surface area contributed by atoms with Gasteiger partial charge >= 0.3 is 0 Å². The summed E-state index contributed by atoms with van der Waals surface area (Å²) in [7, 11) is 5.89. The molecule has 74 valence electrons. The highest BCUT2D eigenvalue weighted by molar-refractivity contribution is 4.70. The van der Waals surface area contributed by atoms with E-state index in [1.807, 2.05) is 0 Å². The highest BCUT2D eigenvalue weighted by Gasteiger charge is 2.14. The van der Waals surface area contributed by atoms with E-state index in [4.69, 9.17) is 4.74 Å². The Morgan fingerprint density at radius 3 is 2.33 bits per heavy atom. The van der Waals surface area contributed by atoms with Gasteiger partial charge in [-0.05, 0) is 27.9 Å². The first-order valence-electron chi connectivity index (χ1n) is 4.38. The second kappa shape index (κ2) is 5.51. The van der Waals surface area contributed by atoms with E-state index in [1.165, 1.54) is 0 Å². The van der Waals surface area contributed by atoms with Crippen molar-refractivity contribution in [3.05, 3.63) is 0 Å². The van der Waals surface area contributed by atoms with E-state index < -0.39 is 0 Å². The van der Waals surface area contributed by atoms with E-state index in [1.54, 1.807) is 7.11 Å². The van der Waals surface area contributed by atoms with Crippen LogP contribution in [0.1, 0.15) is 13.8 Å². The third-order valence-corrected chi connectivity index (χ3v) is 1.84. The third-order valence-electron chi connectivity index (χ3n) is 1.84. The summed E-state index contributed by atoms with van der Waals surface area (Å²) in [5, 5.41) is 3.34. The van der Waals surface area contributed by atoms with Gasteiger partial charge in [-0.25, -0.2) is 0 Å². The van der Waals surface area contributed by atoms with Crippen LogP contribution in [0.3, 0.4) is 0 Å². The zero-order valence-electron chi connectivity index (χ0n) is 8.98. The third kappa shape index (κ3) is 6.58. The van der Waals surface area contributed by atoms with Crippen molar-refractivity contribution in [3.63, 3.8) is 0 Å². The first-order chi connectivity index (χ1) is 5.48. The molecule has 0 rings (SSSR count). The van der Waals surface area contributed by atoms with Gasteiger partial charge in [-0.1, -0.05) is 0 Å².